The third kappa shape index (κ3) is 3.49. The van der Waals surface area contributed by atoms with Crippen LogP contribution in [0.15, 0.2) is 29.8 Å². The van der Waals surface area contributed by atoms with Gasteiger partial charge in [0.05, 0.1) is 6.10 Å². The van der Waals surface area contributed by atoms with Gasteiger partial charge in [-0.25, -0.2) is 0 Å². The second kappa shape index (κ2) is 4.84. The van der Waals surface area contributed by atoms with Crippen molar-refractivity contribution in [2.24, 2.45) is 0 Å². The van der Waals surface area contributed by atoms with Crippen LogP contribution in [0, 0.1) is 0 Å². The molecule has 0 aliphatic heterocycles. The van der Waals surface area contributed by atoms with Gasteiger partial charge in [0.15, 0.2) is 0 Å². The van der Waals surface area contributed by atoms with Gasteiger partial charge in [-0.05, 0) is 36.0 Å². The average Bonchev–Trinajstić information content (AvgIpc) is 2.17. The molecule has 0 aliphatic rings. The van der Waals surface area contributed by atoms with Gasteiger partial charge in [0.25, 0.3) is 0 Å². The first kappa shape index (κ1) is 13.0. The van der Waals surface area contributed by atoms with Gasteiger partial charge in [0.2, 0.25) is 0 Å². The molecule has 0 heterocycles. The predicted octanol–water partition coefficient (Wildman–Crippen LogP) is 3.77. The fraction of sp³-hybridized carbons (Fsp3) is 0.467. The van der Waals surface area contributed by atoms with Crippen LogP contribution in [0.4, 0.5) is 0 Å². The molecule has 1 unspecified atom stereocenters. The van der Waals surface area contributed by atoms with Gasteiger partial charge in [-0.1, -0.05) is 51.1 Å². The van der Waals surface area contributed by atoms with Crippen LogP contribution in [0.1, 0.15) is 45.7 Å². The zero-order chi connectivity index (χ0) is 12.3. The van der Waals surface area contributed by atoms with E-state index in [4.69, 9.17) is 0 Å². The van der Waals surface area contributed by atoms with Crippen LogP contribution in [0.25, 0.3) is 6.08 Å². The van der Waals surface area contributed by atoms with Gasteiger partial charge in [-0.3, -0.25) is 0 Å². The number of hydrogen-bond donors (Lipinski definition) is 1. The first-order valence-electron chi connectivity index (χ1n) is 5.77. The lowest BCUT2D eigenvalue weighted by atomic mass is 9.86. The van der Waals surface area contributed by atoms with Crippen molar-refractivity contribution in [2.45, 2.75) is 46.1 Å². The van der Waals surface area contributed by atoms with E-state index >= 15 is 0 Å². The summed E-state index contributed by atoms with van der Waals surface area (Å²) in [6.45, 7) is 10.4. The molecule has 16 heavy (non-hydrogen) atoms. The van der Waals surface area contributed by atoms with E-state index in [1.807, 2.05) is 13.0 Å². The summed E-state index contributed by atoms with van der Waals surface area (Å²) in [5.74, 6) is 0. The standard InChI is InChI=1S/C15H22O/c1-11(12(2)16)10-13-6-8-14(9-7-13)15(3,4)5/h6-10,12,16H,1-5H3. The minimum absolute atomic E-state index is 0.196. The summed E-state index contributed by atoms with van der Waals surface area (Å²) in [5, 5.41) is 9.40. The quantitative estimate of drug-likeness (QED) is 0.801. The average molecular weight is 218 g/mol. The topological polar surface area (TPSA) is 20.2 Å². The Kier molecular flexibility index (Phi) is 3.93. The molecule has 1 heteroatoms. The zero-order valence-corrected chi connectivity index (χ0v) is 10.9. The van der Waals surface area contributed by atoms with Crippen molar-refractivity contribution in [1.29, 1.82) is 0 Å². The summed E-state index contributed by atoms with van der Waals surface area (Å²) < 4.78 is 0. The molecule has 1 rings (SSSR count). The van der Waals surface area contributed by atoms with Crippen molar-refractivity contribution in [3.63, 3.8) is 0 Å². The monoisotopic (exact) mass is 218 g/mol. The van der Waals surface area contributed by atoms with Crippen molar-refractivity contribution < 1.29 is 5.11 Å². The van der Waals surface area contributed by atoms with Crippen molar-refractivity contribution in [2.75, 3.05) is 0 Å². The Hall–Kier alpha value is -1.08. The molecular formula is C15H22O. The third-order valence-electron chi connectivity index (χ3n) is 2.83. The van der Waals surface area contributed by atoms with Crippen LogP contribution in [-0.2, 0) is 5.41 Å². The number of hydrogen-bond acceptors (Lipinski definition) is 1. The van der Waals surface area contributed by atoms with E-state index in [0.29, 0.717) is 0 Å². The second-order valence-corrected chi connectivity index (χ2v) is 5.44. The highest BCUT2D eigenvalue weighted by atomic mass is 16.3. The van der Waals surface area contributed by atoms with E-state index in [1.165, 1.54) is 5.56 Å². The molecule has 0 spiro atoms. The van der Waals surface area contributed by atoms with Crippen LogP contribution < -0.4 is 0 Å². The Labute approximate surface area is 98.8 Å². The summed E-state index contributed by atoms with van der Waals surface area (Å²) in [4.78, 5) is 0. The molecular weight excluding hydrogens is 196 g/mol. The summed E-state index contributed by atoms with van der Waals surface area (Å²) in [7, 11) is 0. The first-order chi connectivity index (χ1) is 7.30. The molecule has 0 bridgehead atoms. The summed E-state index contributed by atoms with van der Waals surface area (Å²) in [6.07, 6.45) is 1.65. The van der Waals surface area contributed by atoms with E-state index in [1.54, 1.807) is 6.92 Å². The predicted molar refractivity (Wildman–Crippen MR) is 70.5 cm³/mol. The van der Waals surface area contributed by atoms with Gasteiger partial charge in [-0.2, -0.15) is 0 Å². The molecule has 0 fully saturated rings. The summed E-state index contributed by atoms with van der Waals surface area (Å²) in [6, 6.07) is 8.52. The molecule has 1 N–H and O–H groups in total. The molecule has 0 saturated heterocycles. The first-order valence-corrected chi connectivity index (χ1v) is 5.77. The Morgan fingerprint density at radius 2 is 1.69 bits per heavy atom. The molecule has 0 saturated carbocycles. The molecule has 0 aromatic heterocycles. The lowest BCUT2D eigenvalue weighted by Gasteiger charge is -2.18. The maximum Gasteiger partial charge on any atom is 0.0722 e. The van der Waals surface area contributed by atoms with Crippen molar-refractivity contribution in [3.8, 4) is 0 Å². The number of benzene rings is 1. The molecule has 1 aromatic carbocycles. The second-order valence-electron chi connectivity index (χ2n) is 5.44. The fourth-order valence-corrected chi connectivity index (χ4v) is 1.46. The molecule has 1 aromatic rings. The van der Waals surface area contributed by atoms with E-state index in [-0.39, 0.29) is 11.5 Å². The van der Waals surface area contributed by atoms with Gasteiger partial charge >= 0.3 is 0 Å². The van der Waals surface area contributed by atoms with Crippen LogP contribution in [0.2, 0.25) is 0 Å². The Balaban J connectivity index is 2.92. The van der Waals surface area contributed by atoms with Gasteiger partial charge in [-0.15, -0.1) is 0 Å². The van der Waals surface area contributed by atoms with Gasteiger partial charge in [0, 0.05) is 0 Å². The maximum absolute atomic E-state index is 9.40. The van der Waals surface area contributed by atoms with Crippen LogP contribution in [-0.4, -0.2) is 11.2 Å². The number of rotatable bonds is 2. The minimum Gasteiger partial charge on any atom is -0.389 e. The Morgan fingerprint density at radius 3 is 2.06 bits per heavy atom. The van der Waals surface area contributed by atoms with Crippen molar-refractivity contribution in [3.05, 3.63) is 41.0 Å². The normalized spacial score (nSPS) is 15.0. The molecule has 1 nitrogen and oxygen atoms in total. The smallest absolute Gasteiger partial charge is 0.0722 e. The molecule has 88 valence electrons. The summed E-state index contributed by atoms with van der Waals surface area (Å²) in [5.41, 5.74) is 3.66. The van der Waals surface area contributed by atoms with Crippen LogP contribution >= 0.6 is 0 Å². The number of aliphatic hydroxyl groups is 1. The lowest BCUT2D eigenvalue weighted by molar-refractivity contribution is 0.232. The third-order valence-corrected chi connectivity index (χ3v) is 2.83. The molecule has 0 aliphatic carbocycles. The maximum atomic E-state index is 9.40. The molecule has 1 atom stereocenters. The van der Waals surface area contributed by atoms with E-state index in [0.717, 1.165) is 11.1 Å². The fourth-order valence-electron chi connectivity index (χ4n) is 1.46. The Morgan fingerprint density at radius 1 is 1.19 bits per heavy atom. The van der Waals surface area contributed by atoms with E-state index in [2.05, 4.69) is 45.0 Å². The zero-order valence-electron chi connectivity index (χ0n) is 10.9. The highest BCUT2D eigenvalue weighted by molar-refractivity contribution is 5.53. The molecule has 0 amide bonds. The van der Waals surface area contributed by atoms with E-state index in [9.17, 15) is 5.11 Å². The van der Waals surface area contributed by atoms with Gasteiger partial charge < -0.3 is 5.11 Å². The lowest BCUT2D eigenvalue weighted by Crippen LogP contribution is -2.10. The highest BCUT2D eigenvalue weighted by Gasteiger charge is 2.12. The van der Waals surface area contributed by atoms with E-state index < -0.39 is 0 Å². The van der Waals surface area contributed by atoms with Crippen LogP contribution in [0.3, 0.4) is 0 Å². The molecule has 0 radical (unpaired) electrons. The largest absolute Gasteiger partial charge is 0.389 e. The highest BCUT2D eigenvalue weighted by Crippen LogP contribution is 2.22. The van der Waals surface area contributed by atoms with Gasteiger partial charge in [0.1, 0.15) is 0 Å². The Bertz CT molecular complexity index is 363. The van der Waals surface area contributed by atoms with Crippen molar-refractivity contribution >= 4 is 6.08 Å². The van der Waals surface area contributed by atoms with Crippen molar-refractivity contribution in [1.82, 2.24) is 0 Å². The number of aliphatic hydroxyl groups excluding tert-OH is 1. The van der Waals surface area contributed by atoms with Crippen LogP contribution in [0.5, 0.6) is 0 Å². The minimum atomic E-state index is -0.373. The summed E-state index contributed by atoms with van der Waals surface area (Å²) >= 11 is 0. The SMILES string of the molecule is CC(=Cc1ccc(C(C)(C)C)cc1)C(C)O.